The van der Waals surface area contributed by atoms with Gasteiger partial charge in [-0.1, -0.05) is 11.6 Å². The number of nitrogens with zero attached hydrogens (tertiary/aromatic N) is 2. The van der Waals surface area contributed by atoms with Gasteiger partial charge in [0.25, 0.3) is 0 Å². The largest absolute Gasteiger partial charge is 0.437 e. The molecule has 1 aromatic carbocycles. The van der Waals surface area contributed by atoms with Crippen LogP contribution in [0, 0.1) is 13.8 Å². The van der Waals surface area contributed by atoms with Crippen molar-refractivity contribution < 1.29 is 4.74 Å². The van der Waals surface area contributed by atoms with Crippen LogP contribution in [0.4, 0.5) is 5.69 Å². The van der Waals surface area contributed by atoms with E-state index < -0.39 is 0 Å². The number of ether oxygens (including phenoxy) is 1. The molecule has 1 aromatic heterocycles. The predicted octanol–water partition coefficient (Wildman–Crippen LogP) is 3.12. The fourth-order valence-electron chi connectivity index (χ4n) is 1.45. The summed E-state index contributed by atoms with van der Waals surface area (Å²) in [6.07, 6.45) is 0. The van der Waals surface area contributed by atoms with Crippen molar-refractivity contribution in [1.29, 1.82) is 0 Å². The van der Waals surface area contributed by atoms with Crippen molar-refractivity contribution in [2.24, 2.45) is 0 Å². The predicted molar refractivity (Wildman–Crippen MR) is 67.4 cm³/mol. The van der Waals surface area contributed by atoms with E-state index in [1.807, 2.05) is 13.8 Å². The first-order valence-electron chi connectivity index (χ1n) is 5.10. The normalized spacial score (nSPS) is 10.3. The fraction of sp³-hybridized carbons (Fsp3) is 0.167. The van der Waals surface area contributed by atoms with E-state index in [0.29, 0.717) is 28.2 Å². The van der Waals surface area contributed by atoms with E-state index in [4.69, 9.17) is 22.1 Å². The van der Waals surface area contributed by atoms with E-state index in [1.54, 1.807) is 24.3 Å². The highest BCUT2D eigenvalue weighted by Crippen LogP contribution is 2.30. The lowest BCUT2D eigenvalue weighted by Crippen LogP contribution is -1.95. The molecule has 0 fully saturated rings. The van der Waals surface area contributed by atoms with Crippen LogP contribution in [0.1, 0.15) is 11.5 Å². The van der Waals surface area contributed by atoms with Crippen molar-refractivity contribution >= 4 is 17.3 Å². The highest BCUT2D eigenvalue weighted by molar-refractivity contribution is 6.32. The summed E-state index contributed by atoms with van der Waals surface area (Å²) in [6.45, 7) is 3.69. The first kappa shape index (κ1) is 11.7. The zero-order chi connectivity index (χ0) is 12.4. The Balaban J connectivity index is 2.31. The maximum absolute atomic E-state index is 6.01. The number of nitrogen functional groups attached to an aromatic ring is 1. The zero-order valence-electron chi connectivity index (χ0n) is 9.57. The van der Waals surface area contributed by atoms with Gasteiger partial charge in [0.15, 0.2) is 0 Å². The highest BCUT2D eigenvalue weighted by Gasteiger charge is 2.06. The number of aromatic nitrogens is 2. The number of hydrogen-bond acceptors (Lipinski definition) is 4. The Bertz CT molecular complexity index is 537. The second-order valence-corrected chi connectivity index (χ2v) is 4.09. The number of aryl methyl sites for hydroxylation is 2. The Labute approximate surface area is 104 Å². The van der Waals surface area contributed by atoms with Crippen molar-refractivity contribution in [3.05, 3.63) is 40.8 Å². The summed E-state index contributed by atoms with van der Waals surface area (Å²) >= 11 is 6.01. The Morgan fingerprint density at radius 3 is 2.59 bits per heavy atom. The van der Waals surface area contributed by atoms with Gasteiger partial charge < -0.3 is 10.5 Å². The van der Waals surface area contributed by atoms with Gasteiger partial charge in [0.2, 0.25) is 5.88 Å². The lowest BCUT2D eigenvalue weighted by molar-refractivity contribution is 0.459. The lowest BCUT2D eigenvalue weighted by Gasteiger charge is -2.08. The van der Waals surface area contributed by atoms with Gasteiger partial charge in [0.1, 0.15) is 11.6 Å². The van der Waals surface area contributed by atoms with Crippen LogP contribution < -0.4 is 10.5 Å². The fourth-order valence-corrected chi connectivity index (χ4v) is 1.68. The minimum atomic E-state index is 0.457. The summed E-state index contributed by atoms with van der Waals surface area (Å²) in [5, 5.41) is 0.457. The maximum Gasteiger partial charge on any atom is 0.222 e. The van der Waals surface area contributed by atoms with Gasteiger partial charge in [0, 0.05) is 17.4 Å². The molecule has 2 N–H and O–H groups in total. The Morgan fingerprint density at radius 2 is 1.94 bits per heavy atom. The Morgan fingerprint density at radius 1 is 1.18 bits per heavy atom. The van der Waals surface area contributed by atoms with Crippen LogP contribution in [0.25, 0.3) is 0 Å². The van der Waals surface area contributed by atoms with Crippen molar-refractivity contribution in [3.8, 4) is 11.6 Å². The molecule has 0 saturated heterocycles. The van der Waals surface area contributed by atoms with Crippen LogP contribution in [0.15, 0.2) is 24.3 Å². The first-order valence-corrected chi connectivity index (χ1v) is 5.47. The molecule has 2 rings (SSSR count). The average molecular weight is 250 g/mol. The van der Waals surface area contributed by atoms with Gasteiger partial charge in [-0.15, -0.1) is 0 Å². The monoisotopic (exact) mass is 249 g/mol. The van der Waals surface area contributed by atoms with Crippen LogP contribution in [0.5, 0.6) is 11.6 Å². The molecule has 0 radical (unpaired) electrons. The summed E-state index contributed by atoms with van der Waals surface area (Å²) in [5.41, 5.74) is 7.04. The lowest BCUT2D eigenvalue weighted by atomic mass is 10.3. The minimum absolute atomic E-state index is 0.457. The third-order valence-electron chi connectivity index (χ3n) is 2.11. The van der Waals surface area contributed by atoms with Crippen LogP contribution in [0.3, 0.4) is 0 Å². The van der Waals surface area contributed by atoms with Gasteiger partial charge in [-0.25, -0.2) is 4.98 Å². The molecule has 0 atom stereocenters. The topological polar surface area (TPSA) is 61.0 Å². The van der Waals surface area contributed by atoms with E-state index in [-0.39, 0.29) is 0 Å². The van der Waals surface area contributed by atoms with E-state index >= 15 is 0 Å². The van der Waals surface area contributed by atoms with Crippen LogP contribution in [-0.2, 0) is 0 Å². The van der Waals surface area contributed by atoms with Crippen molar-refractivity contribution in [3.63, 3.8) is 0 Å². The number of halogens is 1. The molecule has 2 aromatic rings. The molecule has 0 bridgehead atoms. The number of rotatable bonds is 2. The van der Waals surface area contributed by atoms with Gasteiger partial charge in [-0.2, -0.15) is 4.98 Å². The second-order valence-electron chi connectivity index (χ2n) is 3.69. The third-order valence-corrected chi connectivity index (χ3v) is 2.41. The molecule has 1 heterocycles. The van der Waals surface area contributed by atoms with Gasteiger partial charge in [-0.05, 0) is 32.0 Å². The second kappa shape index (κ2) is 4.59. The van der Waals surface area contributed by atoms with Crippen LogP contribution in [-0.4, -0.2) is 9.97 Å². The molecule has 0 aliphatic carbocycles. The molecular weight excluding hydrogens is 238 g/mol. The number of anilines is 1. The zero-order valence-corrected chi connectivity index (χ0v) is 10.3. The third kappa shape index (κ3) is 2.85. The van der Waals surface area contributed by atoms with Gasteiger partial charge in [0.05, 0.1) is 5.02 Å². The number of nitrogens with two attached hydrogens (primary N) is 1. The first-order chi connectivity index (χ1) is 8.04. The summed E-state index contributed by atoms with van der Waals surface area (Å²) in [4.78, 5) is 8.34. The van der Waals surface area contributed by atoms with E-state index in [9.17, 15) is 0 Å². The molecule has 0 aliphatic heterocycles. The molecule has 17 heavy (non-hydrogen) atoms. The van der Waals surface area contributed by atoms with E-state index in [2.05, 4.69) is 9.97 Å². The van der Waals surface area contributed by atoms with Crippen LogP contribution in [0.2, 0.25) is 5.02 Å². The summed E-state index contributed by atoms with van der Waals surface area (Å²) in [5.74, 6) is 1.66. The summed E-state index contributed by atoms with van der Waals surface area (Å²) in [7, 11) is 0. The number of hydrogen-bond donors (Lipinski definition) is 1. The standard InChI is InChI=1S/C12H12ClN3O/c1-7-5-12(16-8(2)15-7)17-11-4-3-9(14)6-10(11)13/h3-6H,14H2,1-2H3. The average Bonchev–Trinajstić information content (AvgIpc) is 2.21. The Hall–Kier alpha value is -1.81. The van der Waals surface area contributed by atoms with Crippen molar-refractivity contribution in [1.82, 2.24) is 9.97 Å². The Kier molecular flexibility index (Phi) is 3.15. The summed E-state index contributed by atoms with van der Waals surface area (Å²) < 4.78 is 5.59. The number of benzene rings is 1. The molecule has 88 valence electrons. The molecule has 0 unspecified atom stereocenters. The molecule has 5 heteroatoms. The molecular formula is C12H12ClN3O. The van der Waals surface area contributed by atoms with E-state index in [0.717, 1.165) is 5.69 Å². The summed E-state index contributed by atoms with van der Waals surface area (Å²) in [6, 6.07) is 6.82. The van der Waals surface area contributed by atoms with Crippen molar-refractivity contribution in [2.75, 3.05) is 5.73 Å². The smallest absolute Gasteiger partial charge is 0.222 e. The van der Waals surface area contributed by atoms with Crippen LogP contribution >= 0.6 is 11.6 Å². The highest BCUT2D eigenvalue weighted by atomic mass is 35.5. The van der Waals surface area contributed by atoms with Crippen molar-refractivity contribution in [2.45, 2.75) is 13.8 Å². The molecule has 4 nitrogen and oxygen atoms in total. The molecule has 0 saturated carbocycles. The minimum Gasteiger partial charge on any atom is -0.437 e. The van der Waals surface area contributed by atoms with Gasteiger partial charge in [-0.3, -0.25) is 0 Å². The molecule has 0 aliphatic rings. The SMILES string of the molecule is Cc1cc(Oc2ccc(N)cc2Cl)nc(C)n1. The van der Waals surface area contributed by atoms with Gasteiger partial charge >= 0.3 is 0 Å². The molecule has 0 amide bonds. The van der Waals surface area contributed by atoms with E-state index in [1.165, 1.54) is 0 Å². The maximum atomic E-state index is 6.01. The quantitative estimate of drug-likeness (QED) is 0.831. The molecule has 0 spiro atoms.